The number of hydrogen-bond acceptors (Lipinski definition) is 5. The van der Waals surface area contributed by atoms with E-state index in [1.54, 1.807) is 18.3 Å². The lowest BCUT2D eigenvalue weighted by Gasteiger charge is -2.11. The van der Waals surface area contributed by atoms with Crippen LogP contribution in [0.5, 0.6) is 0 Å². The number of para-hydroxylation sites is 1. The van der Waals surface area contributed by atoms with E-state index < -0.39 is 0 Å². The Balaban J connectivity index is 1.67. The van der Waals surface area contributed by atoms with Gasteiger partial charge in [-0.3, -0.25) is 9.78 Å². The van der Waals surface area contributed by atoms with Gasteiger partial charge in [-0.1, -0.05) is 18.2 Å². The van der Waals surface area contributed by atoms with Crippen molar-refractivity contribution >= 4 is 22.5 Å². The molecule has 0 saturated carbocycles. The number of nitrogens with one attached hydrogen (secondary N) is 2. The van der Waals surface area contributed by atoms with Crippen LogP contribution < -0.4 is 10.6 Å². The summed E-state index contributed by atoms with van der Waals surface area (Å²) in [5.74, 6) is 0.00830. The number of fused-ring (bicyclic) bond motifs is 1. The van der Waals surface area contributed by atoms with Crippen molar-refractivity contribution in [2.45, 2.75) is 0 Å². The second-order valence-electron chi connectivity index (χ2n) is 4.84. The minimum atomic E-state index is -0.267. The van der Waals surface area contributed by atoms with Crippen LogP contribution in [0.3, 0.4) is 0 Å². The van der Waals surface area contributed by atoms with E-state index in [0.717, 1.165) is 16.6 Å². The van der Waals surface area contributed by atoms with Crippen LogP contribution >= 0.6 is 0 Å². The summed E-state index contributed by atoms with van der Waals surface area (Å²) in [5, 5.41) is 16.1. The standard InChI is InChI=1S/C17H14N4O2/c18-10-12-11-21-14-5-2-1-4-13(14)16(12)19-7-8-20-17(22)15-6-3-9-23-15/h1-6,9,11H,7-8H2,(H,19,21)(H,20,22). The van der Waals surface area contributed by atoms with E-state index in [1.807, 2.05) is 24.3 Å². The van der Waals surface area contributed by atoms with Crippen LogP contribution in [0.25, 0.3) is 10.9 Å². The summed E-state index contributed by atoms with van der Waals surface area (Å²) < 4.78 is 5.02. The molecule has 2 aromatic heterocycles. The summed E-state index contributed by atoms with van der Waals surface area (Å²) in [4.78, 5) is 16.0. The number of carbonyl (C=O) groups excluding carboxylic acids is 1. The average molecular weight is 306 g/mol. The molecule has 23 heavy (non-hydrogen) atoms. The van der Waals surface area contributed by atoms with Gasteiger partial charge in [0, 0.05) is 24.7 Å². The van der Waals surface area contributed by atoms with E-state index >= 15 is 0 Å². The second kappa shape index (κ2) is 6.62. The van der Waals surface area contributed by atoms with Crippen LogP contribution in [0.4, 0.5) is 5.69 Å². The Morgan fingerprint density at radius 3 is 2.87 bits per heavy atom. The van der Waals surface area contributed by atoms with E-state index in [2.05, 4.69) is 21.7 Å². The summed E-state index contributed by atoms with van der Waals surface area (Å²) in [6.45, 7) is 0.885. The molecule has 114 valence electrons. The van der Waals surface area contributed by atoms with Crippen molar-refractivity contribution in [1.29, 1.82) is 5.26 Å². The SMILES string of the molecule is N#Cc1cnc2ccccc2c1NCCNC(=O)c1ccco1. The molecule has 3 aromatic rings. The zero-order valence-electron chi connectivity index (χ0n) is 12.2. The number of anilines is 1. The molecule has 0 saturated heterocycles. The molecule has 6 nitrogen and oxygen atoms in total. The van der Waals surface area contributed by atoms with Gasteiger partial charge in [0.25, 0.3) is 5.91 Å². The quantitative estimate of drug-likeness (QED) is 0.707. The number of rotatable bonds is 5. The molecule has 0 aliphatic heterocycles. The number of benzene rings is 1. The van der Waals surface area contributed by atoms with Crippen molar-refractivity contribution in [3.8, 4) is 6.07 Å². The first-order chi connectivity index (χ1) is 11.3. The first-order valence-corrected chi connectivity index (χ1v) is 7.13. The number of furan rings is 1. The van der Waals surface area contributed by atoms with E-state index in [-0.39, 0.29) is 11.7 Å². The van der Waals surface area contributed by atoms with Crippen molar-refractivity contribution in [3.63, 3.8) is 0 Å². The summed E-state index contributed by atoms with van der Waals surface area (Å²) in [7, 11) is 0. The van der Waals surface area contributed by atoms with Gasteiger partial charge in [0.2, 0.25) is 0 Å². The summed E-state index contributed by atoms with van der Waals surface area (Å²) in [6.07, 6.45) is 3.00. The molecule has 2 heterocycles. The average Bonchev–Trinajstić information content (AvgIpc) is 3.13. The first-order valence-electron chi connectivity index (χ1n) is 7.13. The highest BCUT2D eigenvalue weighted by Crippen LogP contribution is 2.24. The summed E-state index contributed by atoms with van der Waals surface area (Å²) in [5.41, 5.74) is 2.01. The highest BCUT2D eigenvalue weighted by molar-refractivity contribution is 5.94. The predicted octanol–water partition coefficient (Wildman–Crippen LogP) is 2.54. The van der Waals surface area contributed by atoms with Gasteiger partial charge in [-0.25, -0.2) is 0 Å². The molecular weight excluding hydrogens is 292 g/mol. The third-order valence-corrected chi connectivity index (χ3v) is 3.35. The molecule has 6 heteroatoms. The van der Waals surface area contributed by atoms with Crippen LogP contribution in [0.1, 0.15) is 16.1 Å². The zero-order chi connectivity index (χ0) is 16.1. The Hall–Kier alpha value is -3.33. The Morgan fingerprint density at radius 1 is 1.22 bits per heavy atom. The number of nitrogens with zero attached hydrogens (tertiary/aromatic N) is 2. The molecule has 0 bridgehead atoms. The molecule has 3 rings (SSSR count). The van der Waals surface area contributed by atoms with Gasteiger partial charge in [-0.15, -0.1) is 0 Å². The fourth-order valence-electron chi connectivity index (χ4n) is 2.27. The van der Waals surface area contributed by atoms with Crippen LogP contribution in [-0.2, 0) is 0 Å². The van der Waals surface area contributed by atoms with Gasteiger partial charge in [-0.2, -0.15) is 5.26 Å². The van der Waals surface area contributed by atoms with Crippen molar-refractivity contribution in [1.82, 2.24) is 10.3 Å². The minimum absolute atomic E-state index is 0.267. The molecule has 0 unspecified atom stereocenters. The molecule has 0 fully saturated rings. The van der Waals surface area contributed by atoms with Crippen molar-refractivity contribution in [2.24, 2.45) is 0 Å². The van der Waals surface area contributed by atoms with E-state index in [0.29, 0.717) is 18.7 Å². The highest BCUT2D eigenvalue weighted by atomic mass is 16.3. The molecule has 0 spiro atoms. The van der Waals surface area contributed by atoms with Crippen molar-refractivity contribution < 1.29 is 9.21 Å². The minimum Gasteiger partial charge on any atom is -0.459 e. The van der Waals surface area contributed by atoms with Gasteiger partial charge in [-0.05, 0) is 18.2 Å². The topological polar surface area (TPSA) is 91.0 Å². The molecule has 0 aliphatic carbocycles. The molecule has 2 N–H and O–H groups in total. The number of hydrogen-bond donors (Lipinski definition) is 2. The molecule has 0 aliphatic rings. The second-order valence-corrected chi connectivity index (χ2v) is 4.84. The summed E-state index contributed by atoms with van der Waals surface area (Å²) in [6, 6.07) is 13.0. The van der Waals surface area contributed by atoms with Gasteiger partial charge in [0.15, 0.2) is 5.76 Å². The lowest BCUT2D eigenvalue weighted by molar-refractivity contribution is 0.0927. The Kier molecular flexibility index (Phi) is 4.20. The number of carbonyl (C=O) groups is 1. The third kappa shape index (κ3) is 3.14. The normalized spacial score (nSPS) is 10.2. The summed E-state index contributed by atoms with van der Waals surface area (Å²) >= 11 is 0. The Morgan fingerprint density at radius 2 is 2.09 bits per heavy atom. The van der Waals surface area contributed by atoms with E-state index in [1.165, 1.54) is 6.26 Å². The van der Waals surface area contributed by atoms with Gasteiger partial charge < -0.3 is 15.1 Å². The third-order valence-electron chi connectivity index (χ3n) is 3.35. The highest BCUT2D eigenvalue weighted by Gasteiger charge is 2.09. The van der Waals surface area contributed by atoms with Crippen LogP contribution in [-0.4, -0.2) is 24.0 Å². The van der Waals surface area contributed by atoms with Crippen LogP contribution in [0.2, 0.25) is 0 Å². The fraction of sp³-hybridized carbons (Fsp3) is 0.118. The number of aromatic nitrogens is 1. The van der Waals surface area contributed by atoms with Gasteiger partial charge in [0.1, 0.15) is 6.07 Å². The molecule has 0 atom stereocenters. The zero-order valence-corrected chi connectivity index (χ0v) is 12.2. The molecular formula is C17H14N4O2. The van der Waals surface area contributed by atoms with Gasteiger partial charge >= 0.3 is 0 Å². The lowest BCUT2D eigenvalue weighted by Crippen LogP contribution is -2.28. The van der Waals surface area contributed by atoms with Crippen molar-refractivity contribution in [3.05, 3.63) is 60.2 Å². The largest absolute Gasteiger partial charge is 0.459 e. The van der Waals surface area contributed by atoms with E-state index in [4.69, 9.17) is 4.42 Å². The Bertz CT molecular complexity index is 866. The number of amides is 1. The van der Waals surface area contributed by atoms with Crippen LogP contribution in [0.15, 0.2) is 53.3 Å². The Labute approximate surface area is 132 Å². The number of pyridine rings is 1. The fourth-order valence-corrected chi connectivity index (χ4v) is 2.27. The smallest absolute Gasteiger partial charge is 0.287 e. The van der Waals surface area contributed by atoms with Crippen molar-refractivity contribution in [2.75, 3.05) is 18.4 Å². The predicted molar refractivity (Wildman–Crippen MR) is 86.0 cm³/mol. The molecule has 1 aromatic carbocycles. The lowest BCUT2D eigenvalue weighted by atomic mass is 10.1. The molecule has 0 radical (unpaired) electrons. The monoisotopic (exact) mass is 306 g/mol. The number of nitriles is 1. The first kappa shape index (κ1) is 14.6. The molecule has 1 amide bonds. The maximum absolute atomic E-state index is 11.8. The van der Waals surface area contributed by atoms with Gasteiger partial charge in [0.05, 0.1) is 23.0 Å². The maximum Gasteiger partial charge on any atom is 0.287 e. The maximum atomic E-state index is 11.8. The van der Waals surface area contributed by atoms with E-state index in [9.17, 15) is 10.1 Å². The van der Waals surface area contributed by atoms with Crippen LogP contribution in [0, 0.1) is 11.3 Å².